The number of nitrogens with two attached hydrogens (primary N) is 1. The molecule has 1 fully saturated rings. The number of likely N-dealkylation sites (tertiary alicyclic amines) is 1. The fraction of sp³-hybridized carbons (Fsp3) is 0.571. The van der Waals surface area contributed by atoms with Gasteiger partial charge < -0.3 is 11.1 Å². The molecule has 6 heteroatoms. The third-order valence-electron chi connectivity index (χ3n) is 3.78. The highest BCUT2D eigenvalue weighted by Crippen LogP contribution is 2.24. The Morgan fingerprint density at radius 3 is 2.95 bits per heavy atom. The monoisotopic (exact) mass is 295 g/mol. The minimum absolute atomic E-state index is 0.0796. The summed E-state index contributed by atoms with van der Waals surface area (Å²) in [6, 6.07) is 1.44. The first-order valence-corrected chi connectivity index (χ1v) is 7.79. The fourth-order valence-corrected chi connectivity index (χ4v) is 3.36. The number of carbonyl (C=O) groups is 2. The third kappa shape index (κ3) is 3.37. The van der Waals surface area contributed by atoms with Crippen molar-refractivity contribution in [3.05, 3.63) is 17.0 Å². The fourth-order valence-electron chi connectivity index (χ4n) is 2.56. The first kappa shape index (κ1) is 15.0. The van der Waals surface area contributed by atoms with Gasteiger partial charge in [-0.05, 0) is 43.7 Å². The molecule has 1 aliphatic rings. The van der Waals surface area contributed by atoms with Gasteiger partial charge in [-0.25, -0.2) is 0 Å². The number of hydrogen-bond donors (Lipinski definition) is 2. The second-order valence-electron chi connectivity index (χ2n) is 5.44. The lowest BCUT2D eigenvalue weighted by Gasteiger charge is -2.34. The van der Waals surface area contributed by atoms with E-state index in [0.717, 1.165) is 19.5 Å². The van der Waals surface area contributed by atoms with Crippen LogP contribution in [-0.2, 0) is 4.79 Å². The third-order valence-corrected chi connectivity index (χ3v) is 4.61. The van der Waals surface area contributed by atoms with E-state index >= 15 is 0 Å². The number of primary amides is 1. The van der Waals surface area contributed by atoms with Crippen molar-refractivity contribution in [2.45, 2.75) is 32.7 Å². The lowest BCUT2D eigenvalue weighted by molar-refractivity contribution is -0.121. The molecule has 2 amide bonds. The Morgan fingerprint density at radius 1 is 1.55 bits per heavy atom. The van der Waals surface area contributed by atoms with Crippen LogP contribution >= 0.6 is 11.3 Å². The molecule has 5 nitrogen and oxygen atoms in total. The molecule has 0 aromatic carbocycles. The van der Waals surface area contributed by atoms with Crippen molar-refractivity contribution in [2.24, 2.45) is 11.7 Å². The lowest BCUT2D eigenvalue weighted by Crippen LogP contribution is -2.46. The van der Waals surface area contributed by atoms with E-state index in [1.807, 2.05) is 6.92 Å². The topological polar surface area (TPSA) is 75.4 Å². The Labute approximate surface area is 123 Å². The van der Waals surface area contributed by atoms with E-state index in [-0.39, 0.29) is 11.9 Å². The van der Waals surface area contributed by atoms with E-state index in [1.165, 1.54) is 17.8 Å². The Hall–Kier alpha value is -1.40. The zero-order valence-corrected chi connectivity index (χ0v) is 12.7. The minimum Gasteiger partial charge on any atom is -0.366 e. The Balaban J connectivity index is 2.00. The van der Waals surface area contributed by atoms with Gasteiger partial charge in [-0.15, -0.1) is 11.3 Å². The van der Waals surface area contributed by atoms with Gasteiger partial charge in [0.15, 0.2) is 0 Å². The van der Waals surface area contributed by atoms with Crippen molar-refractivity contribution in [3.63, 3.8) is 0 Å². The number of thiophene rings is 1. The maximum Gasteiger partial charge on any atom is 0.251 e. The van der Waals surface area contributed by atoms with Crippen LogP contribution in [0.5, 0.6) is 0 Å². The van der Waals surface area contributed by atoms with E-state index in [1.54, 1.807) is 11.4 Å². The van der Waals surface area contributed by atoms with Crippen LogP contribution in [-0.4, -0.2) is 35.8 Å². The van der Waals surface area contributed by atoms with Gasteiger partial charge in [-0.2, -0.15) is 0 Å². The first-order chi connectivity index (χ1) is 9.49. The summed E-state index contributed by atoms with van der Waals surface area (Å²) >= 11 is 1.32. The van der Waals surface area contributed by atoms with Gasteiger partial charge in [-0.1, -0.05) is 6.92 Å². The highest BCUT2D eigenvalue weighted by Gasteiger charge is 2.26. The van der Waals surface area contributed by atoms with Crippen molar-refractivity contribution >= 4 is 28.2 Å². The van der Waals surface area contributed by atoms with Crippen molar-refractivity contribution in [1.82, 2.24) is 4.90 Å². The van der Waals surface area contributed by atoms with Crippen molar-refractivity contribution in [1.29, 1.82) is 0 Å². The predicted molar refractivity (Wildman–Crippen MR) is 80.9 cm³/mol. The number of nitrogens with zero attached hydrogens (tertiary/aromatic N) is 1. The van der Waals surface area contributed by atoms with Crippen molar-refractivity contribution in [2.75, 3.05) is 18.4 Å². The zero-order chi connectivity index (χ0) is 14.7. The summed E-state index contributed by atoms with van der Waals surface area (Å²) < 4.78 is 0. The molecule has 2 atom stereocenters. The highest BCUT2D eigenvalue weighted by molar-refractivity contribution is 7.14. The number of anilines is 1. The molecule has 110 valence electrons. The number of carbonyl (C=O) groups excluding carboxylic acids is 2. The maximum absolute atomic E-state index is 12.3. The molecular formula is C14H21N3O2S. The summed E-state index contributed by atoms with van der Waals surface area (Å²) in [7, 11) is 0. The summed E-state index contributed by atoms with van der Waals surface area (Å²) in [4.78, 5) is 25.7. The molecule has 3 N–H and O–H groups in total. The quantitative estimate of drug-likeness (QED) is 0.891. The Morgan fingerprint density at radius 2 is 2.30 bits per heavy atom. The molecule has 0 unspecified atom stereocenters. The molecule has 20 heavy (non-hydrogen) atoms. The molecule has 0 spiro atoms. The number of rotatable bonds is 4. The van der Waals surface area contributed by atoms with Gasteiger partial charge in [0.1, 0.15) is 5.00 Å². The molecule has 2 rings (SSSR count). The van der Waals surface area contributed by atoms with Gasteiger partial charge in [0.2, 0.25) is 5.91 Å². The number of hydrogen-bond acceptors (Lipinski definition) is 4. The Bertz CT molecular complexity index is 500. The van der Waals surface area contributed by atoms with Crippen LogP contribution in [0.15, 0.2) is 11.4 Å². The molecule has 1 aliphatic heterocycles. The molecule has 0 bridgehead atoms. The second-order valence-corrected chi connectivity index (χ2v) is 6.35. The average molecular weight is 295 g/mol. The molecule has 0 aliphatic carbocycles. The lowest BCUT2D eigenvalue weighted by atomic mass is 9.99. The summed E-state index contributed by atoms with van der Waals surface area (Å²) in [5, 5.41) is 5.12. The van der Waals surface area contributed by atoms with Gasteiger partial charge >= 0.3 is 0 Å². The molecule has 0 saturated carbocycles. The molecule has 2 heterocycles. The summed E-state index contributed by atoms with van der Waals surface area (Å²) in [5.74, 6) is 0.0340. The highest BCUT2D eigenvalue weighted by atomic mass is 32.1. The van der Waals surface area contributed by atoms with Gasteiger partial charge in [0, 0.05) is 6.54 Å². The van der Waals surface area contributed by atoms with Crippen LogP contribution in [0.3, 0.4) is 0 Å². The van der Waals surface area contributed by atoms with E-state index in [9.17, 15) is 9.59 Å². The minimum atomic E-state index is -0.513. The maximum atomic E-state index is 12.3. The average Bonchev–Trinajstić information content (AvgIpc) is 2.86. The van der Waals surface area contributed by atoms with Crippen LogP contribution in [0.25, 0.3) is 0 Å². The normalized spacial score (nSPS) is 21.4. The molecule has 0 radical (unpaired) electrons. The summed E-state index contributed by atoms with van der Waals surface area (Å²) in [5.41, 5.74) is 5.66. The molecule has 1 aromatic heterocycles. The van der Waals surface area contributed by atoms with Crippen LogP contribution in [0.2, 0.25) is 0 Å². The number of nitrogens with one attached hydrogen (secondary N) is 1. The smallest absolute Gasteiger partial charge is 0.251 e. The molecule has 1 aromatic rings. The van der Waals surface area contributed by atoms with Crippen LogP contribution < -0.4 is 11.1 Å². The van der Waals surface area contributed by atoms with Gasteiger partial charge in [0.05, 0.1) is 11.6 Å². The Kier molecular flexibility index (Phi) is 4.77. The van der Waals surface area contributed by atoms with E-state index < -0.39 is 5.91 Å². The first-order valence-electron chi connectivity index (χ1n) is 6.91. The van der Waals surface area contributed by atoms with E-state index in [4.69, 9.17) is 5.73 Å². The van der Waals surface area contributed by atoms with Gasteiger partial charge in [0.25, 0.3) is 5.91 Å². The van der Waals surface area contributed by atoms with E-state index in [2.05, 4.69) is 17.1 Å². The zero-order valence-electron chi connectivity index (χ0n) is 11.9. The predicted octanol–water partition coefficient (Wildman–Crippen LogP) is 1.91. The van der Waals surface area contributed by atoms with E-state index in [0.29, 0.717) is 16.5 Å². The van der Waals surface area contributed by atoms with Gasteiger partial charge in [-0.3, -0.25) is 14.5 Å². The summed E-state index contributed by atoms with van der Waals surface area (Å²) in [6.45, 7) is 6.01. The SMILES string of the molecule is C[C@H]1CCCN([C@@H](C)C(=O)Nc2sccc2C(N)=O)C1. The van der Waals surface area contributed by atoms with Crippen LogP contribution in [0.1, 0.15) is 37.0 Å². The standard InChI is InChI=1S/C14H21N3O2S/c1-9-4-3-6-17(8-9)10(2)13(19)16-14-11(12(15)18)5-7-20-14/h5,7,9-10H,3-4,6,8H2,1-2H3,(H2,15,18)(H,16,19)/t9-,10-/m0/s1. The molecule has 1 saturated heterocycles. The summed E-state index contributed by atoms with van der Waals surface area (Å²) in [6.07, 6.45) is 2.35. The van der Waals surface area contributed by atoms with Crippen LogP contribution in [0.4, 0.5) is 5.00 Å². The number of piperidine rings is 1. The van der Waals surface area contributed by atoms with Crippen molar-refractivity contribution < 1.29 is 9.59 Å². The second kappa shape index (κ2) is 6.37. The largest absolute Gasteiger partial charge is 0.366 e. The van der Waals surface area contributed by atoms with Crippen molar-refractivity contribution in [3.8, 4) is 0 Å². The molecular weight excluding hydrogens is 274 g/mol. The number of amides is 2. The van der Waals surface area contributed by atoms with Crippen LogP contribution in [0, 0.1) is 5.92 Å².